The monoisotopic (exact) mass is 294 g/mol. The molecule has 0 saturated heterocycles. The minimum atomic E-state index is -0.817. The molecule has 3 amide bonds. The summed E-state index contributed by atoms with van der Waals surface area (Å²) in [5, 5.41) is 1.73. The molecule has 0 radical (unpaired) electrons. The third-order valence-corrected chi connectivity index (χ3v) is 4.23. The Balaban J connectivity index is 2.92. The standard InChI is InChI=1S/C15H22N2O2S/c1-9-6-7-11(15(3,4)5)8-12(9)20-10(2)13(18)17-14(16)19/h6-8,10H,1-5H3,(H3,16,17,18,19)/t10-/m0/s1. The maximum atomic E-state index is 11.7. The van der Waals surface area contributed by atoms with Crippen LogP contribution in [0.15, 0.2) is 23.1 Å². The van der Waals surface area contributed by atoms with Crippen LogP contribution in [0.4, 0.5) is 4.79 Å². The van der Waals surface area contributed by atoms with Crippen LogP contribution in [0, 0.1) is 6.92 Å². The van der Waals surface area contributed by atoms with Crippen molar-refractivity contribution in [3.63, 3.8) is 0 Å². The largest absolute Gasteiger partial charge is 0.351 e. The number of rotatable bonds is 3. The van der Waals surface area contributed by atoms with Crippen LogP contribution in [0.3, 0.4) is 0 Å². The van der Waals surface area contributed by atoms with Gasteiger partial charge in [0.25, 0.3) is 0 Å². The van der Waals surface area contributed by atoms with Gasteiger partial charge in [-0.25, -0.2) is 4.79 Å². The number of imide groups is 1. The Morgan fingerprint density at radius 3 is 2.40 bits per heavy atom. The molecule has 0 heterocycles. The van der Waals surface area contributed by atoms with Gasteiger partial charge >= 0.3 is 6.03 Å². The first-order chi connectivity index (χ1) is 9.11. The van der Waals surface area contributed by atoms with E-state index >= 15 is 0 Å². The zero-order valence-corrected chi connectivity index (χ0v) is 13.4. The number of urea groups is 1. The van der Waals surface area contributed by atoms with Crippen molar-refractivity contribution in [1.82, 2.24) is 5.32 Å². The van der Waals surface area contributed by atoms with Crippen LogP contribution in [0.2, 0.25) is 0 Å². The summed E-state index contributed by atoms with van der Waals surface area (Å²) in [6, 6.07) is 5.45. The number of thioether (sulfide) groups is 1. The second-order valence-electron chi connectivity index (χ2n) is 5.84. The van der Waals surface area contributed by atoms with Gasteiger partial charge in [-0.15, -0.1) is 11.8 Å². The third-order valence-electron chi connectivity index (χ3n) is 2.97. The predicted molar refractivity (Wildman–Crippen MR) is 82.9 cm³/mol. The van der Waals surface area contributed by atoms with E-state index in [-0.39, 0.29) is 16.6 Å². The third kappa shape index (κ3) is 4.56. The van der Waals surface area contributed by atoms with Crippen molar-refractivity contribution in [3.8, 4) is 0 Å². The molecule has 20 heavy (non-hydrogen) atoms. The first-order valence-corrected chi connectivity index (χ1v) is 7.37. The molecule has 0 spiro atoms. The van der Waals surface area contributed by atoms with E-state index in [0.29, 0.717) is 0 Å². The van der Waals surface area contributed by atoms with Crippen molar-refractivity contribution in [2.45, 2.75) is 50.2 Å². The maximum absolute atomic E-state index is 11.7. The minimum absolute atomic E-state index is 0.0573. The number of nitrogens with one attached hydrogen (secondary N) is 1. The zero-order chi connectivity index (χ0) is 15.5. The Labute approximate surface area is 124 Å². The summed E-state index contributed by atoms with van der Waals surface area (Å²) in [5.74, 6) is -0.372. The van der Waals surface area contributed by atoms with E-state index in [2.05, 4.69) is 44.3 Å². The molecule has 0 fully saturated rings. The van der Waals surface area contributed by atoms with Crippen LogP contribution < -0.4 is 11.1 Å². The molecule has 3 N–H and O–H groups in total. The van der Waals surface area contributed by atoms with Crippen molar-refractivity contribution in [3.05, 3.63) is 29.3 Å². The first kappa shape index (κ1) is 16.6. The minimum Gasteiger partial charge on any atom is -0.351 e. The molecule has 5 heteroatoms. The van der Waals surface area contributed by atoms with Crippen molar-refractivity contribution in [1.29, 1.82) is 0 Å². The van der Waals surface area contributed by atoms with Crippen LogP contribution in [-0.2, 0) is 10.2 Å². The summed E-state index contributed by atoms with van der Waals surface area (Å²) in [5.41, 5.74) is 7.34. The Morgan fingerprint density at radius 1 is 1.30 bits per heavy atom. The summed E-state index contributed by atoms with van der Waals surface area (Å²) in [6.45, 7) is 10.2. The van der Waals surface area contributed by atoms with Gasteiger partial charge in [-0.05, 0) is 36.5 Å². The highest BCUT2D eigenvalue weighted by Crippen LogP contribution is 2.31. The Bertz CT molecular complexity index is 521. The molecule has 1 rings (SSSR count). The fourth-order valence-corrected chi connectivity index (χ4v) is 2.66. The zero-order valence-electron chi connectivity index (χ0n) is 12.6. The van der Waals surface area contributed by atoms with E-state index < -0.39 is 6.03 Å². The Hall–Kier alpha value is -1.49. The number of primary amides is 1. The van der Waals surface area contributed by atoms with Crippen LogP contribution >= 0.6 is 11.8 Å². The molecule has 0 saturated carbocycles. The van der Waals surface area contributed by atoms with E-state index in [1.807, 2.05) is 6.92 Å². The molecule has 1 aromatic carbocycles. The predicted octanol–water partition coefficient (Wildman–Crippen LogP) is 2.97. The highest BCUT2D eigenvalue weighted by atomic mass is 32.2. The summed E-state index contributed by atoms with van der Waals surface area (Å²) in [6.07, 6.45) is 0. The van der Waals surface area contributed by atoms with Gasteiger partial charge in [-0.3, -0.25) is 10.1 Å². The van der Waals surface area contributed by atoms with Gasteiger partial charge in [0.2, 0.25) is 5.91 Å². The van der Waals surface area contributed by atoms with Crippen LogP contribution in [0.25, 0.3) is 0 Å². The molecule has 0 aromatic heterocycles. The van der Waals surface area contributed by atoms with E-state index in [4.69, 9.17) is 5.73 Å². The Morgan fingerprint density at radius 2 is 1.90 bits per heavy atom. The number of amides is 3. The van der Waals surface area contributed by atoms with Crippen molar-refractivity contribution < 1.29 is 9.59 Å². The van der Waals surface area contributed by atoms with Gasteiger partial charge in [0, 0.05) is 4.90 Å². The molecular weight excluding hydrogens is 272 g/mol. The molecule has 0 bridgehead atoms. The smallest absolute Gasteiger partial charge is 0.318 e. The number of benzene rings is 1. The summed E-state index contributed by atoms with van der Waals surface area (Å²) in [4.78, 5) is 23.5. The molecular formula is C15H22N2O2S. The van der Waals surface area contributed by atoms with Gasteiger partial charge < -0.3 is 5.73 Å². The fraction of sp³-hybridized carbons (Fsp3) is 0.467. The molecule has 0 aliphatic rings. The number of carbonyl (C=O) groups is 2. The van der Waals surface area contributed by atoms with E-state index in [0.717, 1.165) is 10.5 Å². The lowest BCUT2D eigenvalue weighted by Gasteiger charge is -2.21. The molecule has 0 unspecified atom stereocenters. The van der Waals surface area contributed by atoms with Crippen LogP contribution in [-0.4, -0.2) is 17.2 Å². The van der Waals surface area contributed by atoms with Gasteiger partial charge in [-0.1, -0.05) is 32.9 Å². The molecule has 0 aliphatic carbocycles. The normalized spacial score (nSPS) is 12.8. The molecule has 110 valence electrons. The maximum Gasteiger partial charge on any atom is 0.318 e. The van der Waals surface area contributed by atoms with E-state index in [1.54, 1.807) is 6.92 Å². The average molecular weight is 294 g/mol. The lowest BCUT2D eigenvalue weighted by atomic mass is 9.87. The summed E-state index contributed by atoms with van der Waals surface area (Å²) < 4.78 is 0. The van der Waals surface area contributed by atoms with Gasteiger partial charge in [0.05, 0.1) is 5.25 Å². The van der Waals surface area contributed by atoms with E-state index in [9.17, 15) is 9.59 Å². The second kappa shape index (κ2) is 6.31. The lowest BCUT2D eigenvalue weighted by Crippen LogP contribution is -2.39. The molecule has 1 atom stereocenters. The highest BCUT2D eigenvalue weighted by Gasteiger charge is 2.19. The highest BCUT2D eigenvalue weighted by molar-refractivity contribution is 8.00. The van der Waals surface area contributed by atoms with Crippen molar-refractivity contribution >= 4 is 23.7 Å². The quantitative estimate of drug-likeness (QED) is 0.842. The van der Waals surface area contributed by atoms with Gasteiger partial charge in [0.15, 0.2) is 0 Å². The van der Waals surface area contributed by atoms with E-state index in [1.165, 1.54) is 17.3 Å². The van der Waals surface area contributed by atoms with Crippen LogP contribution in [0.5, 0.6) is 0 Å². The average Bonchev–Trinajstić information content (AvgIpc) is 2.29. The fourth-order valence-electron chi connectivity index (χ4n) is 1.66. The molecule has 0 aliphatic heterocycles. The SMILES string of the molecule is Cc1ccc(C(C)(C)C)cc1S[C@@H](C)C(=O)NC(N)=O. The number of hydrogen-bond acceptors (Lipinski definition) is 3. The van der Waals surface area contributed by atoms with Crippen LogP contribution in [0.1, 0.15) is 38.8 Å². The topological polar surface area (TPSA) is 72.2 Å². The number of carbonyl (C=O) groups excluding carboxylic acids is 2. The van der Waals surface area contributed by atoms with Crippen molar-refractivity contribution in [2.24, 2.45) is 5.73 Å². The molecule has 1 aromatic rings. The number of nitrogens with two attached hydrogens (primary N) is 1. The first-order valence-electron chi connectivity index (χ1n) is 6.49. The van der Waals surface area contributed by atoms with Gasteiger partial charge in [-0.2, -0.15) is 0 Å². The second-order valence-corrected chi connectivity index (χ2v) is 7.23. The van der Waals surface area contributed by atoms with Gasteiger partial charge in [0.1, 0.15) is 0 Å². The lowest BCUT2D eigenvalue weighted by molar-refractivity contribution is -0.119. The molecule has 4 nitrogen and oxygen atoms in total. The summed E-state index contributed by atoms with van der Waals surface area (Å²) >= 11 is 1.43. The summed E-state index contributed by atoms with van der Waals surface area (Å²) in [7, 11) is 0. The Kier molecular flexibility index (Phi) is 5.22. The number of hydrogen-bond donors (Lipinski definition) is 2. The van der Waals surface area contributed by atoms with Crippen molar-refractivity contribution in [2.75, 3.05) is 0 Å². The number of aryl methyl sites for hydroxylation is 1.